The molecule has 0 spiro atoms. The van der Waals surface area contributed by atoms with Gasteiger partial charge in [-0.15, -0.1) is 0 Å². The number of hydrogen-bond donors (Lipinski definition) is 3. The smallest absolute Gasteiger partial charge is 0.323 e. The molecule has 156 valence electrons. The first-order chi connectivity index (χ1) is 14.8. The van der Waals surface area contributed by atoms with E-state index < -0.39 is 6.03 Å². The number of nitrogens with two attached hydrogens (primary N) is 1. The van der Waals surface area contributed by atoms with Gasteiger partial charge in [0.25, 0.3) is 0 Å². The topological polar surface area (TPSA) is 128 Å². The van der Waals surface area contributed by atoms with Crippen molar-refractivity contribution >= 4 is 51.6 Å². The minimum absolute atomic E-state index is 0.217. The van der Waals surface area contributed by atoms with E-state index in [2.05, 4.69) is 25.6 Å². The highest BCUT2D eigenvalue weighted by Gasteiger charge is 2.20. The average Bonchev–Trinajstić information content (AvgIpc) is 3.08. The van der Waals surface area contributed by atoms with Gasteiger partial charge in [-0.2, -0.15) is 0 Å². The summed E-state index contributed by atoms with van der Waals surface area (Å²) < 4.78 is 1.71. The van der Waals surface area contributed by atoms with E-state index in [1.807, 2.05) is 6.92 Å². The predicted molar refractivity (Wildman–Crippen MR) is 119 cm³/mol. The zero-order valence-corrected chi connectivity index (χ0v) is 17.4. The highest BCUT2D eigenvalue weighted by atomic mass is 35.5. The van der Waals surface area contributed by atoms with Crippen molar-refractivity contribution in [1.29, 1.82) is 0 Å². The Bertz CT molecular complexity index is 1330. The second kappa shape index (κ2) is 8.04. The van der Waals surface area contributed by atoms with Gasteiger partial charge >= 0.3 is 6.03 Å². The first-order valence-corrected chi connectivity index (χ1v) is 9.60. The van der Waals surface area contributed by atoms with Crippen molar-refractivity contribution in [3.8, 4) is 0 Å². The maximum absolute atomic E-state index is 13.1. The van der Waals surface area contributed by atoms with Crippen LogP contribution in [0.25, 0.3) is 11.0 Å². The largest absolute Gasteiger partial charge is 0.383 e. The van der Waals surface area contributed by atoms with Crippen LogP contribution in [-0.2, 0) is 7.05 Å². The van der Waals surface area contributed by atoms with E-state index in [0.717, 1.165) is 5.56 Å². The summed E-state index contributed by atoms with van der Waals surface area (Å²) >= 11 is 5.94. The highest BCUT2D eigenvalue weighted by molar-refractivity contribution is 6.30. The van der Waals surface area contributed by atoms with E-state index in [1.54, 1.807) is 42.1 Å². The summed E-state index contributed by atoms with van der Waals surface area (Å²) in [6.45, 7) is 1.84. The first-order valence-electron chi connectivity index (χ1n) is 9.23. The van der Waals surface area contributed by atoms with Gasteiger partial charge in [-0.1, -0.05) is 11.6 Å². The Balaban J connectivity index is 1.57. The molecule has 0 aliphatic rings. The van der Waals surface area contributed by atoms with Crippen molar-refractivity contribution in [1.82, 2.24) is 19.5 Å². The molecular formula is C21H18ClN7O2. The minimum Gasteiger partial charge on any atom is -0.383 e. The quantitative estimate of drug-likeness (QED) is 0.418. The summed E-state index contributed by atoms with van der Waals surface area (Å²) in [5.74, 6) is -0.0916. The third kappa shape index (κ3) is 4.03. The van der Waals surface area contributed by atoms with Crippen LogP contribution < -0.4 is 16.4 Å². The van der Waals surface area contributed by atoms with Crippen molar-refractivity contribution in [2.24, 2.45) is 7.05 Å². The number of nitrogen functional groups attached to an aromatic ring is 1. The van der Waals surface area contributed by atoms with Crippen molar-refractivity contribution in [3.63, 3.8) is 0 Å². The number of benzene rings is 1. The Morgan fingerprint density at radius 2 is 1.94 bits per heavy atom. The molecule has 9 nitrogen and oxygen atoms in total. The molecule has 4 N–H and O–H groups in total. The van der Waals surface area contributed by atoms with Gasteiger partial charge in [0.05, 0.1) is 22.8 Å². The van der Waals surface area contributed by atoms with E-state index >= 15 is 0 Å². The number of pyridine rings is 1. The number of carbonyl (C=O) groups excluding carboxylic acids is 2. The molecule has 0 radical (unpaired) electrons. The Hall–Kier alpha value is -3.98. The summed E-state index contributed by atoms with van der Waals surface area (Å²) in [6, 6.07) is 6.22. The van der Waals surface area contributed by atoms with Crippen molar-refractivity contribution in [2.45, 2.75) is 6.92 Å². The summed E-state index contributed by atoms with van der Waals surface area (Å²) in [6.07, 6.45) is 5.87. The molecule has 0 saturated heterocycles. The number of anilines is 3. The molecule has 0 unspecified atom stereocenters. The van der Waals surface area contributed by atoms with Crippen molar-refractivity contribution in [2.75, 3.05) is 16.4 Å². The average molecular weight is 436 g/mol. The lowest BCUT2D eigenvalue weighted by atomic mass is 10.1. The number of nitrogens with one attached hydrogen (secondary N) is 2. The van der Waals surface area contributed by atoms with Crippen molar-refractivity contribution < 1.29 is 9.59 Å². The van der Waals surface area contributed by atoms with E-state index in [9.17, 15) is 9.59 Å². The van der Waals surface area contributed by atoms with Gasteiger partial charge in [-0.3, -0.25) is 9.78 Å². The summed E-state index contributed by atoms with van der Waals surface area (Å²) in [4.78, 5) is 37.8. The monoisotopic (exact) mass is 435 g/mol. The van der Waals surface area contributed by atoms with E-state index in [4.69, 9.17) is 17.3 Å². The van der Waals surface area contributed by atoms with E-state index in [0.29, 0.717) is 33.0 Å². The standard InChI is InChI=1S/C21H18ClN7O2/c1-11-5-13(22)3-4-16(11)28-21(31)27-14-6-12(7-24-8-14)18(30)15-9-29(2)20-17(15)19(23)25-10-26-20/h3-10H,1-2H3,(H2,23,25,26)(H2,27,28,31). The fourth-order valence-corrected chi connectivity index (χ4v) is 3.47. The van der Waals surface area contributed by atoms with Gasteiger partial charge in [0.1, 0.15) is 17.8 Å². The fraction of sp³-hybridized carbons (Fsp3) is 0.0952. The van der Waals surface area contributed by atoms with Crippen LogP contribution in [0.15, 0.2) is 49.2 Å². The lowest BCUT2D eigenvalue weighted by Gasteiger charge is -2.10. The Labute approximate surface area is 182 Å². The van der Waals surface area contributed by atoms with Gasteiger partial charge < -0.3 is 20.9 Å². The summed E-state index contributed by atoms with van der Waals surface area (Å²) in [5, 5.41) is 6.48. The van der Waals surface area contributed by atoms with Crippen LogP contribution in [0.2, 0.25) is 5.02 Å². The normalized spacial score (nSPS) is 10.8. The van der Waals surface area contributed by atoms with Crippen LogP contribution in [0.1, 0.15) is 21.5 Å². The Morgan fingerprint density at radius 3 is 2.71 bits per heavy atom. The molecule has 1 aromatic carbocycles. The number of fused-ring (bicyclic) bond motifs is 1. The minimum atomic E-state index is -0.473. The Morgan fingerprint density at radius 1 is 1.13 bits per heavy atom. The number of nitrogens with zero attached hydrogens (tertiary/aromatic N) is 4. The predicted octanol–water partition coefficient (Wildman–Crippen LogP) is 3.78. The molecule has 31 heavy (non-hydrogen) atoms. The number of hydrogen-bond acceptors (Lipinski definition) is 6. The lowest BCUT2D eigenvalue weighted by Crippen LogP contribution is -2.20. The molecule has 2 amide bonds. The maximum Gasteiger partial charge on any atom is 0.323 e. The number of amides is 2. The lowest BCUT2D eigenvalue weighted by molar-refractivity contribution is 0.103. The number of urea groups is 1. The van der Waals surface area contributed by atoms with Gasteiger partial charge in [-0.25, -0.2) is 14.8 Å². The molecule has 0 aliphatic heterocycles. The third-order valence-electron chi connectivity index (χ3n) is 4.72. The summed E-state index contributed by atoms with van der Waals surface area (Å²) in [7, 11) is 1.77. The van der Waals surface area contributed by atoms with E-state index in [1.165, 1.54) is 18.7 Å². The number of halogens is 1. The molecule has 0 saturated carbocycles. The number of aromatic nitrogens is 4. The Kier molecular flexibility index (Phi) is 5.26. The number of ketones is 1. The molecule has 4 aromatic rings. The zero-order chi connectivity index (χ0) is 22.1. The molecule has 10 heteroatoms. The van der Waals surface area contributed by atoms with Gasteiger partial charge in [0.15, 0.2) is 5.78 Å². The van der Waals surface area contributed by atoms with Crippen LogP contribution in [0.5, 0.6) is 0 Å². The molecule has 0 bridgehead atoms. The van der Waals surface area contributed by atoms with Gasteiger partial charge in [0, 0.05) is 35.7 Å². The molecule has 3 aromatic heterocycles. The second-order valence-electron chi connectivity index (χ2n) is 6.94. The second-order valence-corrected chi connectivity index (χ2v) is 7.38. The van der Waals surface area contributed by atoms with Crippen molar-refractivity contribution in [3.05, 3.63) is 70.9 Å². The highest BCUT2D eigenvalue weighted by Crippen LogP contribution is 2.26. The van der Waals surface area contributed by atoms with Gasteiger partial charge in [-0.05, 0) is 36.8 Å². The maximum atomic E-state index is 13.1. The molecule has 0 aliphatic carbocycles. The fourth-order valence-electron chi connectivity index (χ4n) is 3.25. The van der Waals surface area contributed by atoms with Crippen LogP contribution in [-0.4, -0.2) is 31.3 Å². The first kappa shape index (κ1) is 20.3. The van der Waals surface area contributed by atoms with Crippen LogP contribution in [0.4, 0.5) is 22.0 Å². The zero-order valence-electron chi connectivity index (χ0n) is 16.7. The molecular weight excluding hydrogens is 418 g/mol. The molecule has 0 fully saturated rings. The van der Waals surface area contributed by atoms with Crippen LogP contribution in [0.3, 0.4) is 0 Å². The number of rotatable bonds is 4. The molecule has 4 rings (SSSR count). The SMILES string of the molecule is Cc1cc(Cl)ccc1NC(=O)Nc1cncc(C(=O)c2cn(C)c3ncnc(N)c23)c1. The molecule has 0 atom stereocenters. The van der Waals surface area contributed by atoms with E-state index in [-0.39, 0.29) is 17.2 Å². The number of aryl methyl sites for hydroxylation is 2. The summed E-state index contributed by atoms with van der Waals surface area (Å²) in [5.41, 5.74) is 8.97. The number of carbonyl (C=O) groups is 2. The van der Waals surface area contributed by atoms with Gasteiger partial charge in [0.2, 0.25) is 0 Å². The third-order valence-corrected chi connectivity index (χ3v) is 4.96. The van der Waals surface area contributed by atoms with Crippen LogP contribution in [0, 0.1) is 6.92 Å². The van der Waals surface area contributed by atoms with Crippen LogP contribution >= 0.6 is 11.6 Å². The molecule has 3 heterocycles.